The zero-order valence-corrected chi connectivity index (χ0v) is 33.4. The van der Waals surface area contributed by atoms with Crippen LogP contribution >= 0.6 is 7.82 Å². The number of aliphatic hydroxyl groups excluding tert-OH is 2. The zero-order valence-electron chi connectivity index (χ0n) is 32.5. The van der Waals surface area contributed by atoms with Crippen molar-refractivity contribution in [3.63, 3.8) is 0 Å². The van der Waals surface area contributed by atoms with Gasteiger partial charge in [0.2, 0.25) is 5.91 Å². The average Bonchev–Trinajstić information content (AvgIpc) is 3.07. The van der Waals surface area contributed by atoms with Crippen LogP contribution in [0.4, 0.5) is 0 Å². The Balaban J connectivity index is 4.65. The van der Waals surface area contributed by atoms with Crippen LogP contribution in [0.1, 0.15) is 122 Å². The number of unbranched alkanes of at least 4 members (excludes halogenated alkanes) is 10. The molecule has 3 atom stereocenters. The number of nitrogens with zero attached hydrogens (tertiary/aromatic N) is 1. The number of phosphoric acid groups is 1. The number of nitrogens with one attached hydrogen (secondary N) is 1. The van der Waals surface area contributed by atoms with E-state index in [0.717, 1.165) is 70.6 Å². The van der Waals surface area contributed by atoms with Gasteiger partial charge in [-0.15, -0.1) is 0 Å². The summed E-state index contributed by atoms with van der Waals surface area (Å²) >= 11 is 0. The van der Waals surface area contributed by atoms with E-state index in [2.05, 4.69) is 73.0 Å². The lowest BCUT2D eigenvalue weighted by Gasteiger charge is -2.25. The second-order valence-corrected chi connectivity index (χ2v) is 15.5. The maximum atomic E-state index is 12.8. The van der Waals surface area contributed by atoms with Crippen LogP contribution in [0.5, 0.6) is 0 Å². The van der Waals surface area contributed by atoms with Gasteiger partial charge in [0.1, 0.15) is 13.2 Å². The molecule has 0 aliphatic heterocycles. The standard InChI is InChI=1S/C41H73N2O7P/c1-5-6-7-8-9-10-18-21-24-27-30-33-40(45)39(38-50-51(47,48)49-37-35-43(2,3)4)42-41(46)34-31-28-25-22-19-16-14-12-11-13-15-17-20-23-26-29-32-36-44/h11,13-14,16-18,20-22,25,30,33,39-40,44-45H,5-10,12,15,19,23-24,26-29,31-32,34-38H2,1-4H3,(H-,42,46,47,48)/p+1/b13-11-,16-14-,20-17-,21-18-,25-22-,33-30+/t39-,40+/m0/s1. The molecule has 0 saturated heterocycles. The zero-order chi connectivity index (χ0) is 37.9. The van der Waals surface area contributed by atoms with E-state index in [1.807, 2.05) is 27.2 Å². The second kappa shape index (κ2) is 33.7. The number of carbonyl (C=O) groups excluding carboxylic acids is 1. The Bertz CT molecular complexity index is 1060. The van der Waals surface area contributed by atoms with E-state index in [1.165, 1.54) is 32.1 Å². The lowest BCUT2D eigenvalue weighted by atomic mass is 10.1. The van der Waals surface area contributed by atoms with Gasteiger partial charge in [-0.1, -0.05) is 112 Å². The summed E-state index contributed by atoms with van der Waals surface area (Å²) in [4.78, 5) is 23.0. The number of carbonyl (C=O) groups is 1. The largest absolute Gasteiger partial charge is 0.472 e. The van der Waals surface area contributed by atoms with Crippen LogP contribution in [0.25, 0.3) is 0 Å². The SMILES string of the molecule is CCCCCCC/C=C\CC/C=C/[C@@H](O)[C@H](COP(=O)(O)OCC[N+](C)(C)C)NC(=O)CCC/C=C\C/C=C\C/C=C\C/C=C\CCCCCO. The summed E-state index contributed by atoms with van der Waals surface area (Å²) in [6.45, 7) is 2.69. The summed E-state index contributed by atoms with van der Waals surface area (Å²) in [6, 6.07) is -0.900. The normalized spacial score (nSPS) is 15.4. The maximum Gasteiger partial charge on any atom is 0.472 e. The minimum absolute atomic E-state index is 0.0371. The number of aliphatic hydroxyl groups is 2. The third-order valence-corrected chi connectivity index (χ3v) is 8.94. The molecule has 0 aliphatic carbocycles. The number of hydrogen-bond acceptors (Lipinski definition) is 6. The predicted molar refractivity (Wildman–Crippen MR) is 213 cm³/mol. The molecule has 294 valence electrons. The summed E-state index contributed by atoms with van der Waals surface area (Å²) < 4.78 is 23.4. The molecule has 9 nitrogen and oxygen atoms in total. The number of quaternary nitrogens is 1. The summed E-state index contributed by atoms with van der Waals surface area (Å²) in [5, 5.41) is 22.4. The minimum Gasteiger partial charge on any atom is -0.396 e. The van der Waals surface area contributed by atoms with Crippen LogP contribution < -0.4 is 5.32 Å². The minimum atomic E-state index is -4.36. The third kappa shape index (κ3) is 36.1. The number of phosphoric ester groups is 1. The van der Waals surface area contributed by atoms with E-state index in [4.69, 9.17) is 14.2 Å². The van der Waals surface area contributed by atoms with E-state index < -0.39 is 20.0 Å². The van der Waals surface area contributed by atoms with Crippen LogP contribution in [-0.2, 0) is 18.4 Å². The van der Waals surface area contributed by atoms with Crippen molar-refractivity contribution in [2.24, 2.45) is 0 Å². The van der Waals surface area contributed by atoms with E-state index in [0.29, 0.717) is 17.4 Å². The fourth-order valence-electron chi connectivity index (χ4n) is 4.79. The van der Waals surface area contributed by atoms with Crippen molar-refractivity contribution in [1.82, 2.24) is 5.32 Å². The van der Waals surface area contributed by atoms with E-state index >= 15 is 0 Å². The quantitative estimate of drug-likeness (QED) is 0.0225. The van der Waals surface area contributed by atoms with E-state index in [-0.39, 0.29) is 32.1 Å². The van der Waals surface area contributed by atoms with Gasteiger partial charge < -0.3 is 24.9 Å². The molecule has 0 bridgehead atoms. The summed E-state index contributed by atoms with van der Waals surface area (Å²) in [5.41, 5.74) is 0. The second-order valence-electron chi connectivity index (χ2n) is 14.0. The highest BCUT2D eigenvalue weighted by atomic mass is 31.2. The molecule has 0 rings (SSSR count). The summed E-state index contributed by atoms with van der Waals surface area (Å²) in [6.07, 6.45) is 41.4. The van der Waals surface area contributed by atoms with Gasteiger partial charge in [-0.3, -0.25) is 13.8 Å². The fourth-order valence-corrected chi connectivity index (χ4v) is 5.53. The highest BCUT2D eigenvalue weighted by molar-refractivity contribution is 7.47. The van der Waals surface area contributed by atoms with Crippen molar-refractivity contribution < 1.29 is 38.0 Å². The molecule has 0 aromatic heterocycles. The first kappa shape index (κ1) is 48.9. The first-order chi connectivity index (χ1) is 24.5. The molecule has 0 fully saturated rings. The molecule has 0 heterocycles. The Morgan fingerprint density at radius 3 is 1.80 bits per heavy atom. The number of likely N-dealkylation sites (N-methyl/N-ethyl adjacent to an activating group) is 1. The van der Waals surface area contributed by atoms with Gasteiger partial charge >= 0.3 is 7.82 Å². The van der Waals surface area contributed by atoms with Gasteiger partial charge in [0, 0.05) is 13.0 Å². The summed E-state index contributed by atoms with van der Waals surface area (Å²) in [7, 11) is 1.49. The lowest BCUT2D eigenvalue weighted by Crippen LogP contribution is -2.45. The van der Waals surface area contributed by atoms with Crippen molar-refractivity contribution in [3.8, 4) is 0 Å². The van der Waals surface area contributed by atoms with Crippen molar-refractivity contribution in [2.75, 3.05) is 47.5 Å². The van der Waals surface area contributed by atoms with E-state index in [9.17, 15) is 19.4 Å². The van der Waals surface area contributed by atoms with Gasteiger partial charge in [-0.2, -0.15) is 0 Å². The number of allylic oxidation sites excluding steroid dienone is 11. The Labute approximate surface area is 311 Å². The van der Waals surface area contributed by atoms with Gasteiger partial charge in [0.25, 0.3) is 0 Å². The van der Waals surface area contributed by atoms with Gasteiger partial charge in [0.05, 0.1) is 39.9 Å². The molecule has 10 heteroatoms. The van der Waals surface area contributed by atoms with Gasteiger partial charge in [-0.25, -0.2) is 4.57 Å². The predicted octanol–water partition coefficient (Wildman–Crippen LogP) is 9.04. The molecule has 4 N–H and O–H groups in total. The molecule has 1 amide bonds. The monoisotopic (exact) mass is 738 g/mol. The Morgan fingerprint density at radius 2 is 1.22 bits per heavy atom. The molecular weight excluding hydrogens is 663 g/mol. The van der Waals surface area contributed by atoms with Crippen molar-refractivity contribution >= 4 is 13.7 Å². The average molecular weight is 738 g/mol. The molecular formula is C41H74N2O7P+. The smallest absolute Gasteiger partial charge is 0.396 e. The molecule has 0 saturated carbocycles. The van der Waals surface area contributed by atoms with Crippen molar-refractivity contribution in [3.05, 3.63) is 72.9 Å². The molecule has 0 radical (unpaired) electrons. The third-order valence-electron chi connectivity index (χ3n) is 7.95. The Kier molecular flexibility index (Phi) is 32.3. The van der Waals surface area contributed by atoms with Crippen LogP contribution in [0, 0.1) is 0 Å². The van der Waals surface area contributed by atoms with Gasteiger partial charge in [0.15, 0.2) is 0 Å². The van der Waals surface area contributed by atoms with Crippen LogP contribution in [0.3, 0.4) is 0 Å². The molecule has 51 heavy (non-hydrogen) atoms. The topological polar surface area (TPSA) is 125 Å². The van der Waals surface area contributed by atoms with E-state index in [1.54, 1.807) is 6.08 Å². The highest BCUT2D eigenvalue weighted by Gasteiger charge is 2.27. The summed E-state index contributed by atoms with van der Waals surface area (Å²) in [5.74, 6) is -0.256. The molecule has 0 aromatic carbocycles. The number of hydrogen-bond donors (Lipinski definition) is 4. The molecule has 0 aromatic rings. The lowest BCUT2D eigenvalue weighted by molar-refractivity contribution is -0.870. The molecule has 0 spiro atoms. The molecule has 1 unspecified atom stereocenters. The first-order valence-electron chi connectivity index (χ1n) is 19.4. The number of rotatable bonds is 34. The maximum absolute atomic E-state index is 12.8. The van der Waals surface area contributed by atoms with Crippen molar-refractivity contribution in [2.45, 2.75) is 135 Å². The van der Waals surface area contributed by atoms with Crippen molar-refractivity contribution in [1.29, 1.82) is 0 Å². The number of amides is 1. The van der Waals surface area contributed by atoms with Crippen LogP contribution in [0.15, 0.2) is 72.9 Å². The van der Waals surface area contributed by atoms with Gasteiger partial charge in [-0.05, 0) is 77.0 Å². The first-order valence-corrected chi connectivity index (χ1v) is 20.9. The Morgan fingerprint density at radius 1 is 0.706 bits per heavy atom. The fraction of sp³-hybridized carbons (Fsp3) is 0.683. The van der Waals surface area contributed by atoms with Crippen LogP contribution in [0.2, 0.25) is 0 Å². The highest BCUT2D eigenvalue weighted by Crippen LogP contribution is 2.43. The van der Waals surface area contributed by atoms with Crippen LogP contribution in [-0.4, -0.2) is 85.2 Å². The Hall–Kier alpha value is -2.10. The molecule has 0 aliphatic rings.